The molecule has 1 aromatic rings. The largest absolute Gasteiger partial charge is 0.417 e. The third kappa shape index (κ3) is 3.65. The monoisotopic (exact) mass is 261 g/mol. The molecule has 1 N–H and O–H groups in total. The molecule has 0 radical (unpaired) electrons. The Morgan fingerprint density at radius 3 is 2.59 bits per heavy atom. The number of hydrogen-bond acceptors (Lipinski definition) is 3. The summed E-state index contributed by atoms with van der Waals surface area (Å²) in [6.07, 6.45) is -4.54. The number of nitrogens with zero attached hydrogens (tertiary/aromatic N) is 1. The lowest BCUT2D eigenvalue weighted by Gasteiger charge is -2.12. The van der Waals surface area contributed by atoms with Gasteiger partial charge in [-0.15, -0.1) is 11.8 Å². The van der Waals surface area contributed by atoms with Crippen molar-refractivity contribution in [2.24, 2.45) is 0 Å². The molecule has 17 heavy (non-hydrogen) atoms. The number of thioether (sulfide) groups is 1. The summed E-state index contributed by atoms with van der Waals surface area (Å²) in [5, 5.41) is 17.2. The molecule has 0 heterocycles. The van der Waals surface area contributed by atoms with E-state index < -0.39 is 17.3 Å². The van der Waals surface area contributed by atoms with E-state index in [1.54, 1.807) is 6.92 Å². The van der Waals surface area contributed by atoms with Gasteiger partial charge in [-0.3, -0.25) is 0 Å². The van der Waals surface area contributed by atoms with Gasteiger partial charge in [0.1, 0.15) is 0 Å². The molecule has 92 valence electrons. The van der Waals surface area contributed by atoms with Gasteiger partial charge in [-0.1, -0.05) is 6.92 Å². The van der Waals surface area contributed by atoms with Crippen LogP contribution < -0.4 is 0 Å². The number of rotatable bonds is 3. The Morgan fingerprint density at radius 1 is 1.47 bits per heavy atom. The maximum atomic E-state index is 12.6. The van der Waals surface area contributed by atoms with Gasteiger partial charge in [-0.05, 0) is 18.2 Å². The van der Waals surface area contributed by atoms with Gasteiger partial charge in [0.2, 0.25) is 0 Å². The topological polar surface area (TPSA) is 44.0 Å². The molecule has 0 aliphatic heterocycles. The Labute approximate surface area is 101 Å². The number of hydrogen-bond donors (Lipinski definition) is 1. The molecule has 0 aliphatic rings. The Morgan fingerprint density at radius 2 is 2.12 bits per heavy atom. The van der Waals surface area contributed by atoms with Gasteiger partial charge in [0.25, 0.3) is 0 Å². The van der Waals surface area contributed by atoms with Crippen LogP contribution in [0.1, 0.15) is 18.1 Å². The van der Waals surface area contributed by atoms with E-state index >= 15 is 0 Å². The fourth-order valence-corrected chi connectivity index (χ4v) is 2.07. The van der Waals surface area contributed by atoms with Crippen LogP contribution in [-0.4, -0.2) is 17.0 Å². The first kappa shape index (κ1) is 13.9. The van der Waals surface area contributed by atoms with Crippen LogP contribution in [0.5, 0.6) is 0 Å². The fraction of sp³-hybridized carbons (Fsp3) is 0.364. The molecule has 0 aliphatic carbocycles. The number of halogens is 3. The van der Waals surface area contributed by atoms with Gasteiger partial charge in [-0.2, -0.15) is 18.4 Å². The van der Waals surface area contributed by atoms with Crippen molar-refractivity contribution in [1.29, 1.82) is 5.26 Å². The highest BCUT2D eigenvalue weighted by molar-refractivity contribution is 8.00. The van der Waals surface area contributed by atoms with E-state index in [-0.39, 0.29) is 11.9 Å². The molecule has 1 rings (SSSR count). The van der Waals surface area contributed by atoms with Gasteiger partial charge in [-0.25, -0.2) is 0 Å². The Kier molecular flexibility index (Phi) is 4.43. The third-order valence-corrected chi connectivity index (χ3v) is 3.09. The molecule has 0 saturated heterocycles. The van der Waals surface area contributed by atoms with Crippen molar-refractivity contribution in [3.05, 3.63) is 29.3 Å². The van der Waals surface area contributed by atoms with E-state index in [4.69, 9.17) is 10.4 Å². The molecular formula is C11H10F3NOS. The average Bonchev–Trinajstić information content (AvgIpc) is 2.27. The molecule has 0 fully saturated rings. The smallest absolute Gasteiger partial charge is 0.395 e. The summed E-state index contributed by atoms with van der Waals surface area (Å²) in [5.74, 6) is 0. The summed E-state index contributed by atoms with van der Waals surface area (Å²) in [6, 6.07) is 5.05. The van der Waals surface area contributed by atoms with Crippen LogP contribution in [0.3, 0.4) is 0 Å². The minimum absolute atomic E-state index is 0.119. The minimum atomic E-state index is -4.54. The zero-order valence-electron chi connectivity index (χ0n) is 8.95. The molecule has 0 saturated carbocycles. The van der Waals surface area contributed by atoms with Crippen LogP contribution in [0.2, 0.25) is 0 Å². The SMILES string of the molecule is CC(CO)Sc1ccc(C#N)c(C(F)(F)F)c1. The van der Waals surface area contributed by atoms with Crippen LogP contribution in [0.25, 0.3) is 0 Å². The van der Waals surface area contributed by atoms with Crippen LogP contribution in [0.15, 0.2) is 23.1 Å². The van der Waals surface area contributed by atoms with E-state index in [9.17, 15) is 13.2 Å². The Hall–Kier alpha value is -1.19. The number of aliphatic hydroxyl groups excluding tert-OH is 1. The lowest BCUT2D eigenvalue weighted by atomic mass is 10.1. The first-order valence-electron chi connectivity index (χ1n) is 4.77. The van der Waals surface area contributed by atoms with Gasteiger partial charge >= 0.3 is 6.18 Å². The predicted molar refractivity (Wildman–Crippen MR) is 58.6 cm³/mol. The van der Waals surface area contributed by atoms with Crippen molar-refractivity contribution in [1.82, 2.24) is 0 Å². The van der Waals surface area contributed by atoms with E-state index in [1.165, 1.54) is 12.1 Å². The van der Waals surface area contributed by atoms with Crippen molar-refractivity contribution in [2.75, 3.05) is 6.61 Å². The molecule has 2 nitrogen and oxygen atoms in total. The summed E-state index contributed by atoms with van der Waals surface area (Å²) in [4.78, 5) is 0.387. The predicted octanol–water partition coefficient (Wildman–Crippen LogP) is 3.05. The quantitative estimate of drug-likeness (QED) is 0.850. The molecule has 0 aromatic heterocycles. The highest BCUT2D eigenvalue weighted by atomic mass is 32.2. The van der Waals surface area contributed by atoms with Crippen molar-refractivity contribution in [3.63, 3.8) is 0 Å². The van der Waals surface area contributed by atoms with Gasteiger partial charge in [0.15, 0.2) is 0 Å². The van der Waals surface area contributed by atoms with Crippen LogP contribution >= 0.6 is 11.8 Å². The molecule has 1 atom stereocenters. The van der Waals surface area contributed by atoms with Crippen molar-refractivity contribution in [2.45, 2.75) is 23.2 Å². The lowest BCUT2D eigenvalue weighted by molar-refractivity contribution is -0.137. The summed E-state index contributed by atoms with van der Waals surface area (Å²) >= 11 is 1.13. The summed E-state index contributed by atoms with van der Waals surface area (Å²) in [6.45, 7) is 1.59. The Bertz CT molecular complexity index is 439. The fourth-order valence-electron chi connectivity index (χ4n) is 1.20. The number of benzene rings is 1. The number of alkyl halides is 3. The second-order valence-electron chi connectivity index (χ2n) is 3.43. The second kappa shape index (κ2) is 5.43. The first-order valence-corrected chi connectivity index (χ1v) is 5.65. The van der Waals surface area contributed by atoms with Crippen molar-refractivity contribution >= 4 is 11.8 Å². The molecule has 0 bridgehead atoms. The molecule has 0 spiro atoms. The second-order valence-corrected chi connectivity index (χ2v) is 4.94. The number of nitriles is 1. The van der Waals surface area contributed by atoms with Crippen LogP contribution in [0.4, 0.5) is 13.2 Å². The minimum Gasteiger partial charge on any atom is -0.395 e. The lowest BCUT2D eigenvalue weighted by Crippen LogP contribution is -2.08. The maximum absolute atomic E-state index is 12.6. The highest BCUT2D eigenvalue weighted by Crippen LogP contribution is 2.35. The summed E-state index contributed by atoms with van der Waals surface area (Å²) in [5.41, 5.74) is -1.33. The molecule has 6 heteroatoms. The average molecular weight is 261 g/mol. The Balaban J connectivity index is 3.11. The van der Waals surface area contributed by atoms with E-state index in [0.29, 0.717) is 4.90 Å². The van der Waals surface area contributed by atoms with Crippen LogP contribution in [-0.2, 0) is 6.18 Å². The normalized spacial score (nSPS) is 13.2. The van der Waals surface area contributed by atoms with E-state index in [0.717, 1.165) is 23.9 Å². The van der Waals surface area contributed by atoms with E-state index in [2.05, 4.69) is 0 Å². The zero-order chi connectivity index (χ0) is 13.1. The summed E-state index contributed by atoms with van der Waals surface area (Å²) in [7, 11) is 0. The highest BCUT2D eigenvalue weighted by Gasteiger charge is 2.33. The molecule has 0 amide bonds. The standard InChI is InChI=1S/C11H10F3NOS/c1-7(6-16)17-9-3-2-8(5-15)10(4-9)11(12,13)14/h2-4,7,16H,6H2,1H3. The van der Waals surface area contributed by atoms with Crippen molar-refractivity contribution in [3.8, 4) is 6.07 Å². The van der Waals surface area contributed by atoms with Crippen molar-refractivity contribution < 1.29 is 18.3 Å². The van der Waals surface area contributed by atoms with Gasteiger partial charge < -0.3 is 5.11 Å². The van der Waals surface area contributed by atoms with Gasteiger partial charge in [0.05, 0.1) is 23.8 Å². The van der Waals surface area contributed by atoms with Crippen LogP contribution in [0, 0.1) is 11.3 Å². The molecular weight excluding hydrogens is 251 g/mol. The zero-order valence-corrected chi connectivity index (χ0v) is 9.77. The molecule has 1 unspecified atom stereocenters. The molecule has 1 aromatic carbocycles. The maximum Gasteiger partial charge on any atom is 0.417 e. The first-order chi connectivity index (χ1) is 7.88. The summed E-state index contributed by atoms with van der Waals surface area (Å²) < 4.78 is 37.9. The van der Waals surface area contributed by atoms with E-state index in [1.807, 2.05) is 0 Å². The number of aliphatic hydroxyl groups is 1. The third-order valence-electron chi connectivity index (χ3n) is 2.01. The van der Waals surface area contributed by atoms with Gasteiger partial charge in [0, 0.05) is 10.1 Å².